The highest BCUT2D eigenvalue weighted by Crippen LogP contribution is 2.03. The summed E-state index contributed by atoms with van der Waals surface area (Å²) in [6.07, 6.45) is 2.04. The van der Waals surface area contributed by atoms with Crippen LogP contribution in [0.25, 0.3) is 0 Å². The van der Waals surface area contributed by atoms with Crippen LogP contribution in [0, 0.1) is 0 Å². The molecule has 78 valence electrons. The summed E-state index contributed by atoms with van der Waals surface area (Å²) in [5.74, 6) is 1.03. The lowest BCUT2D eigenvalue weighted by Gasteiger charge is -2.24. The Hall–Kier alpha value is -0.220. The predicted octanol–water partition coefficient (Wildman–Crippen LogP) is 1.23. The van der Waals surface area contributed by atoms with Crippen molar-refractivity contribution >= 4 is 17.7 Å². The summed E-state index contributed by atoms with van der Waals surface area (Å²) in [4.78, 5) is 13.2. The van der Waals surface area contributed by atoms with Gasteiger partial charge in [0, 0.05) is 25.4 Å². The molecule has 0 bridgehead atoms. The molecule has 1 atom stereocenters. The standard InChI is InChI=1S/C9H19NO2S/c1-5-12-6-9(11)10(3)8(2)7-13-4/h8H,5-7H2,1-4H3. The minimum atomic E-state index is 0.0587. The second-order valence-corrected chi connectivity index (χ2v) is 3.86. The van der Waals surface area contributed by atoms with Gasteiger partial charge in [0.05, 0.1) is 0 Å². The Labute approximate surface area is 84.8 Å². The van der Waals surface area contributed by atoms with Crippen molar-refractivity contribution in [1.29, 1.82) is 0 Å². The van der Waals surface area contributed by atoms with E-state index in [4.69, 9.17) is 4.74 Å². The Morgan fingerprint density at radius 3 is 2.69 bits per heavy atom. The molecule has 0 aliphatic heterocycles. The summed E-state index contributed by atoms with van der Waals surface area (Å²) in [6.45, 7) is 4.72. The van der Waals surface area contributed by atoms with E-state index in [1.807, 2.05) is 27.2 Å². The summed E-state index contributed by atoms with van der Waals surface area (Å²) < 4.78 is 5.05. The third-order valence-electron chi connectivity index (χ3n) is 1.89. The van der Waals surface area contributed by atoms with Crippen molar-refractivity contribution in [3.05, 3.63) is 0 Å². The van der Waals surface area contributed by atoms with E-state index in [1.165, 1.54) is 0 Å². The van der Waals surface area contributed by atoms with Gasteiger partial charge in [-0.15, -0.1) is 0 Å². The van der Waals surface area contributed by atoms with E-state index in [9.17, 15) is 4.79 Å². The molecular weight excluding hydrogens is 186 g/mol. The van der Waals surface area contributed by atoms with E-state index >= 15 is 0 Å². The van der Waals surface area contributed by atoms with Gasteiger partial charge in [0.15, 0.2) is 0 Å². The van der Waals surface area contributed by atoms with Crippen molar-refractivity contribution in [3.63, 3.8) is 0 Å². The zero-order valence-electron chi connectivity index (χ0n) is 8.87. The van der Waals surface area contributed by atoms with Crippen molar-refractivity contribution in [1.82, 2.24) is 4.90 Å². The molecular formula is C9H19NO2S. The van der Waals surface area contributed by atoms with Crippen molar-refractivity contribution in [2.75, 3.05) is 32.3 Å². The summed E-state index contributed by atoms with van der Waals surface area (Å²) in [5.41, 5.74) is 0. The fourth-order valence-electron chi connectivity index (χ4n) is 0.890. The second-order valence-electron chi connectivity index (χ2n) is 2.95. The van der Waals surface area contributed by atoms with Crippen LogP contribution in [0.5, 0.6) is 0 Å². The van der Waals surface area contributed by atoms with Crippen LogP contribution in [0.15, 0.2) is 0 Å². The molecule has 13 heavy (non-hydrogen) atoms. The SMILES string of the molecule is CCOCC(=O)N(C)C(C)CSC. The van der Waals surface area contributed by atoms with E-state index in [0.29, 0.717) is 6.61 Å². The largest absolute Gasteiger partial charge is 0.372 e. The van der Waals surface area contributed by atoms with Crippen LogP contribution in [0.4, 0.5) is 0 Å². The maximum Gasteiger partial charge on any atom is 0.248 e. The first kappa shape index (κ1) is 12.8. The number of likely N-dealkylation sites (N-methyl/N-ethyl adjacent to an activating group) is 1. The van der Waals surface area contributed by atoms with Crippen molar-refractivity contribution in [2.45, 2.75) is 19.9 Å². The molecule has 0 aromatic heterocycles. The lowest BCUT2D eigenvalue weighted by molar-refractivity contribution is -0.136. The summed E-state index contributed by atoms with van der Waals surface area (Å²) >= 11 is 1.74. The summed E-state index contributed by atoms with van der Waals surface area (Å²) in [6, 6.07) is 0.281. The van der Waals surface area contributed by atoms with Crippen molar-refractivity contribution < 1.29 is 9.53 Å². The number of ether oxygens (including phenoxy) is 1. The van der Waals surface area contributed by atoms with Gasteiger partial charge in [-0.05, 0) is 20.1 Å². The molecule has 0 spiro atoms. The number of hydrogen-bond donors (Lipinski definition) is 0. The Balaban J connectivity index is 3.79. The Bertz CT molecular complexity index is 153. The van der Waals surface area contributed by atoms with E-state index in [1.54, 1.807) is 16.7 Å². The second kappa shape index (κ2) is 7.21. The highest BCUT2D eigenvalue weighted by Gasteiger charge is 2.14. The molecule has 0 fully saturated rings. The Morgan fingerprint density at radius 1 is 1.62 bits per heavy atom. The third kappa shape index (κ3) is 5.16. The van der Waals surface area contributed by atoms with Gasteiger partial charge in [0.2, 0.25) is 5.91 Å². The topological polar surface area (TPSA) is 29.5 Å². The predicted molar refractivity (Wildman–Crippen MR) is 57.1 cm³/mol. The van der Waals surface area contributed by atoms with Crippen molar-refractivity contribution in [3.8, 4) is 0 Å². The van der Waals surface area contributed by atoms with E-state index in [0.717, 1.165) is 5.75 Å². The lowest BCUT2D eigenvalue weighted by Crippen LogP contribution is -2.38. The number of nitrogens with zero attached hydrogens (tertiary/aromatic N) is 1. The molecule has 3 nitrogen and oxygen atoms in total. The van der Waals surface area contributed by atoms with Crippen LogP contribution in [0.3, 0.4) is 0 Å². The summed E-state index contributed by atoms with van der Waals surface area (Å²) in [7, 11) is 1.82. The molecule has 0 heterocycles. The first-order valence-corrected chi connectivity index (χ1v) is 5.85. The average molecular weight is 205 g/mol. The Kier molecular flexibility index (Phi) is 7.09. The molecule has 4 heteroatoms. The fourth-order valence-corrected chi connectivity index (χ4v) is 1.60. The normalized spacial score (nSPS) is 12.6. The van der Waals surface area contributed by atoms with E-state index < -0.39 is 0 Å². The quantitative estimate of drug-likeness (QED) is 0.653. The Morgan fingerprint density at radius 2 is 2.23 bits per heavy atom. The average Bonchev–Trinajstić information content (AvgIpc) is 2.13. The van der Waals surface area contributed by atoms with Gasteiger partial charge in [0.1, 0.15) is 6.61 Å². The van der Waals surface area contributed by atoms with E-state index in [-0.39, 0.29) is 18.6 Å². The van der Waals surface area contributed by atoms with Gasteiger partial charge in [-0.2, -0.15) is 11.8 Å². The fraction of sp³-hybridized carbons (Fsp3) is 0.889. The van der Waals surface area contributed by atoms with Crippen LogP contribution in [0.1, 0.15) is 13.8 Å². The first-order valence-electron chi connectivity index (χ1n) is 4.45. The van der Waals surface area contributed by atoms with Crippen LogP contribution < -0.4 is 0 Å². The minimum Gasteiger partial charge on any atom is -0.372 e. The van der Waals surface area contributed by atoms with Gasteiger partial charge in [0.25, 0.3) is 0 Å². The van der Waals surface area contributed by atoms with Crippen LogP contribution >= 0.6 is 11.8 Å². The smallest absolute Gasteiger partial charge is 0.248 e. The minimum absolute atomic E-state index is 0.0587. The maximum absolute atomic E-state index is 11.4. The number of carbonyl (C=O) groups excluding carboxylic acids is 1. The molecule has 0 N–H and O–H groups in total. The molecule has 1 amide bonds. The highest BCUT2D eigenvalue weighted by molar-refractivity contribution is 7.98. The van der Waals surface area contributed by atoms with Crippen LogP contribution in [-0.4, -0.2) is 49.1 Å². The molecule has 0 saturated carbocycles. The van der Waals surface area contributed by atoms with Crippen LogP contribution in [0.2, 0.25) is 0 Å². The van der Waals surface area contributed by atoms with Crippen molar-refractivity contribution in [2.24, 2.45) is 0 Å². The van der Waals surface area contributed by atoms with Gasteiger partial charge in [-0.1, -0.05) is 0 Å². The van der Waals surface area contributed by atoms with Crippen LogP contribution in [-0.2, 0) is 9.53 Å². The number of amides is 1. The number of carbonyl (C=O) groups is 1. The number of thioether (sulfide) groups is 1. The van der Waals surface area contributed by atoms with Gasteiger partial charge in [-0.25, -0.2) is 0 Å². The maximum atomic E-state index is 11.4. The molecule has 0 aromatic rings. The molecule has 0 rings (SSSR count). The number of rotatable bonds is 6. The molecule has 0 aliphatic rings. The lowest BCUT2D eigenvalue weighted by atomic mass is 10.3. The first-order chi connectivity index (χ1) is 6.13. The molecule has 1 unspecified atom stereocenters. The summed E-state index contributed by atoms with van der Waals surface area (Å²) in [5, 5.41) is 0. The molecule has 0 saturated heterocycles. The highest BCUT2D eigenvalue weighted by atomic mass is 32.2. The number of hydrogen-bond acceptors (Lipinski definition) is 3. The molecule has 0 radical (unpaired) electrons. The zero-order valence-corrected chi connectivity index (χ0v) is 9.69. The molecule has 0 aliphatic carbocycles. The van der Waals surface area contributed by atoms with Gasteiger partial charge in [-0.3, -0.25) is 4.79 Å². The van der Waals surface area contributed by atoms with Gasteiger partial charge < -0.3 is 9.64 Å². The van der Waals surface area contributed by atoms with Gasteiger partial charge >= 0.3 is 0 Å². The third-order valence-corrected chi connectivity index (χ3v) is 2.71. The monoisotopic (exact) mass is 205 g/mol. The molecule has 0 aromatic carbocycles. The zero-order chi connectivity index (χ0) is 10.3. The van der Waals surface area contributed by atoms with E-state index in [2.05, 4.69) is 0 Å².